The second-order valence-corrected chi connectivity index (χ2v) is 10.7. The Morgan fingerprint density at radius 1 is 1.00 bits per heavy atom. The van der Waals surface area contributed by atoms with E-state index in [0.29, 0.717) is 49.5 Å². The van der Waals surface area contributed by atoms with Gasteiger partial charge in [-0.2, -0.15) is 0 Å². The monoisotopic (exact) mass is 573 g/mol. The van der Waals surface area contributed by atoms with Crippen LogP contribution in [0, 0.1) is 0 Å². The van der Waals surface area contributed by atoms with Crippen LogP contribution in [0.2, 0.25) is 0 Å². The quantitative estimate of drug-likeness (QED) is 0.211. The van der Waals surface area contributed by atoms with Crippen LogP contribution < -0.4 is 25.0 Å². The van der Waals surface area contributed by atoms with Crippen molar-refractivity contribution in [2.24, 2.45) is 0 Å². The van der Waals surface area contributed by atoms with Crippen molar-refractivity contribution in [3.8, 4) is 11.5 Å². The first-order valence-electron chi connectivity index (χ1n) is 14.9. The van der Waals surface area contributed by atoms with Crippen molar-refractivity contribution < 1.29 is 24.2 Å². The molecule has 0 aromatic heterocycles. The number of carbonyl (C=O) groups excluding carboxylic acids is 2. The van der Waals surface area contributed by atoms with Crippen molar-refractivity contribution in [3.05, 3.63) is 89.5 Å². The van der Waals surface area contributed by atoms with E-state index in [0.717, 1.165) is 42.6 Å². The Morgan fingerprint density at radius 3 is 2.55 bits per heavy atom. The molecule has 3 aromatic rings. The van der Waals surface area contributed by atoms with E-state index < -0.39 is 12.1 Å². The molecule has 42 heavy (non-hydrogen) atoms. The second-order valence-electron chi connectivity index (χ2n) is 10.7. The van der Waals surface area contributed by atoms with Crippen molar-refractivity contribution >= 4 is 17.5 Å². The van der Waals surface area contributed by atoms with Gasteiger partial charge in [0, 0.05) is 43.4 Å². The molecule has 2 unspecified atom stereocenters. The van der Waals surface area contributed by atoms with Gasteiger partial charge in [0.25, 0.3) is 5.91 Å². The van der Waals surface area contributed by atoms with Gasteiger partial charge < -0.3 is 30.1 Å². The van der Waals surface area contributed by atoms with Gasteiger partial charge in [0.2, 0.25) is 5.91 Å². The first kappa shape index (κ1) is 31.1. The maximum Gasteiger partial charge on any atom is 0.251 e. The number of aliphatic hydroxyl groups excluding tert-OH is 1. The van der Waals surface area contributed by atoms with E-state index in [1.165, 1.54) is 0 Å². The summed E-state index contributed by atoms with van der Waals surface area (Å²) < 4.78 is 11.3. The number of benzene rings is 3. The molecule has 3 N–H and O–H groups in total. The highest BCUT2D eigenvalue weighted by Gasteiger charge is 2.26. The molecule has 1 aliphatic rings. The Morgan fingerprint density at radius 2 is 1.81 bits per heavy atom. The summed E-state index contributed by atoms with van der Waals surface area (Å²) in [6, 6.07) is 22.3. The molecule has 8 heteroatoms. The van der Waals surface area contributed by atoms with E-state index in [1.807, 2.05) is 60.7 Å². The molecule has 2 atom stereocenters. The third kappa shape index (κ3) is 9.06. The Kier molecular flexibility index (Phi) is 11.8. The molecule has 0 bridgehead atoms. The van der Waals surface area contributed by atoms with Crippen LogP contribution in [0.15, 0.2) is 72.8 Å². The van der Waals surface area contributed by atoms with E-state index in [4.69, 9.17) is 9.47 Å². The molecule has 4 rings (SSSR count). The fourth-order valence-corrected chi connectivity index (χ4v) is 5.11. The summed E-state index contributed by atoms with van der Waals surface area (Å²) >= 11 is 0. The van der Waals surface area contributed by atoms with Gasteiger partial charge >= 0.3 is 0 Å². The zero-order valence-corrected chi connectivity index (χ0v) is 24.7. The van der Waals surface area contributed by atoms with Crippen molar-refractivity contribution in [2.75, 3.05) is 31.7 Å². The summed E-state index contributed by atoms with van der Waals surface area (Å²) in [7, 11) is 1.63. The fraction of sp³-hybridized carbons (Fsp3) is 0.412. The zero-order chi connectivity index (χ0) is 29.7. The van der Waals surface area contributed by atoms with Crippen LogP contribution in [-0.4, -0.2) is 55.9 Å². The topological polar surface area (TPSA) is 100 Å². The summed E-state index contributed by atoms with van der Waals surface area (Å²) in [4.78, 5) is 27.9. The maximum absolute atomic E-state index is 13.7. The molecule has 1 aliphatic heterocycles. The maximum atomic E-state index is 13.7. The minimum Gasteiger partial charge on any atom is -0.497 e. The molecule has 1 saturated heterocycles. The average molecular weight is 574 g/mol. The highest BCUT2D eigenvalue weighted by Crippen LogP contribution is 2.28. The molecule has 1 heterocycles. The Labute approximate surface area is 249 Å². The highest BCUT2D eigenvalue weighted by atomic mass is 16.5. The number of nitrogens with one attached hydrogen (secondary N) is 2. The smallest absolute Gasteiger partial charge is 0.251 e. The predicted molar refractivity (Wildman–Crippen MR) is 165 cm³/mol. The molecule has 0 radical (unpaired) electrons. The molecule has 0 aliphatic carbocycles. The predicted octanol–water partition coefficient (Wildman–Crippen LogP) is 4.88. The van der Waals surface area contributed by atoms with Gasteiger partial charge in [-0.25, -0.2) is 0 Å². The number of hydrogen-bond acceptors (Lipinski definition) is 6. The summed E-state index contributed by atoms with van der Waals surface area (Å²) in [5.74, 6) is 1.06. The first-order chi connectivity index (χ1) is 20.5. The van der Waals surface area contributed by atoms with E-state index in [9.17, 15) is 14.7 Å². The number of carbonyl (C=O) groups is 2. The molecule has 2 amide bonds. The van der Waals surface area contributed by atoms with Gasteiger partial charge in [-0.3, -0.25) is 9.59 Å². The minimum atomic E-state index is -0.854. The van der Waals surface area contributed by atoms with Crippen LogP contribution in [-0.2, 0) is 17.8 Å². The molecule has 0 spiro atoms. The number of methoxy groups -OCH3 is 1. The molecule has 224 valence electrons. The summed E-state index contributed by atoms with van der Waals surface area (Å²) in [6.07, 6.45) is 3.94. The summed E-state index contributed by atoms with van der Waals surface area (Å²) in [6.45, 7) is 4.12. The first-order valence-corrected chi connectivity index (χ1v) is 14.9. The number of anilines is 1. The number of nitrogens with zero attached hydrogens (tertiary/aromatic N) is 1. The minimum absolute atomic E-state index is 0.0453. The summed E-state index contributed by atoms with van der Waals surface area (Å²) in [5.41, 5.74) is 3.10. The molecule has 0 saturated carbocycles. The molecular weight excluding hydrogens is 530 g/mol. The lowest BCUT2D eigenvalue weighted by Crippen LogP contribution is -2.48. The lowest BCUT2D eigenvalue weighted by atomic mass is 10.00. The standard InChI is InChI=1S/C34H43N3O5/c1-3-4-8-17-42-30-21-27(20-28(22-30)37-16-10-15-33(37)39)34(40)36-31(19-25-11-6-5-7-12-25)32(38)24-35-23-26-13-9-14-29(18-26)41-2/h5-7,9,11-14,18,20-22,31-32,35,38H,3-4,8,10,15-17,19,23-24H2,1-2H3,(H,36,40). The summed E-state index contributed by atoms with van der Waals surface area (Å²) in [5, 5.41) is 17.6. The fourth-order valence-electron chi connectivity index (χ4n) is 5.11. The van der Waals surface area contributed by atoms with Gasteiger partial charge in [-0.05, 0) is 54.7 Å². The van der Waals surface area contributed by atoms with Gasteiger partial charge in [-0.15, -0.1) is 0 Å². The van der Waals surface area contributed by atoms with Gasteiger partial charge in [-0.1, -0.05) is 62.2 Å². The molecule has 1 fully saturated rings. The lowest BCUT2D eigenvalue weighted by molar-refractivity contribution is -0.117. The lowest BCUT2D eigenvalue weighted by Gasteiger charge is -2.25. The van der Waals surface area contributed by atoms with Crippen molar-refractivity contribution in [2.45, 2.75) is 64.1 Å². The zero-order valence-electron chi connectivity index (χ0n) is 24.7. The Balaban J connectivity index is 1.50. The van der Waals surface area contributed by atoms with Crippen LogP contribution in [0.5, 0.6) is 11.5 Å². The third-order valence-electron chi connectivity index (χ3n) is 7.45. The number of rotatable bonds is 16. The van der Waals surface area contributed by atoms with Crippen molar-refractivity contribution in [1.29, 1.82) is 0 Å². The molecule has 3 aromatic carbocycles. The SMILES string of the molecule is CCCCCOc1cc(C(=O)NC(Cc2ccccc2)C(O)CNCc2cccc(OC)c2)cc(N2CCCC2=O)c1. The van der Waals surface area contributed by atoms with E-state index >= 15 is 0 Å². The van der Waals surface area contributed by atoms with Gasteiger partial charge in [0.15, 0.2) is 0 Å². The second kappa shape index (κ2) is 15.9. The average Bonchev–Trinajstić information content (AvgIpc) is 3.45. The normalized spacial score (nSPS) is 14.5. The number of aliphatic hydroxyl groups is 1. The largest absolute Gasteiger partial charge is 0.497 e. The third-order valence-corrected chi connectivity index (χ3v) is 7.45. The van der Waals surface area contributed by atoms with Crippen LogP contribution in [0.25, 0.3) is 0 Å². The number of hydrogen-bond donors (Lipinski definition) is 3. The number of ether oxygens (including phenoxy) is 2. The Bertz CT molecular complexity index is 1300. The van der Waals surface area contributed by atoms with E-state index in [2.05, 4.69) is 17.6 Å². The van der Waals surface area contributed by atoms with Gasteiger partial charge in [0.05, 0.1) is 25.9 Å². The number of unbranched alkanes of at least 4 members (excludes halogenated alkanes) is 2. The van der Waals surface area contributed by atoms with Gasteiger partial charge in [0.1, 0.15) is 11.5 Å². The van der Waals surface area contributed by atoms with Crippen LogP contribution >= 0.6 is 0 Å². The molecular formula is C34H43N3O5. The highest BCUT2D eigenvalue weighted by molar-refractivity contribution is 5.99. The van der Waals surface area contributed by atoms with E-state index in [-0.39, 0.29) is 18.4 Å². The van der Waals surface area contributed by atoms with Crippen molar-refractivity contribution in [1.82, 2.24) is 10.6 Å². The van der Waals surface area contributed by atoms with Crippen LogP contribution in [0.1, 0.15) is 60.5 Å². The molecule has 8 nitrogen and oxygen atoms in total. The Hall–Kier alpha value is -3.88. The van der Waals surface area contributed by atoms with E-state index in [1.54, 1.807) is 24.1 Å². The van der Waals surface area contributed by atoms with Crippen LogP contribution in [0.3, 0.4) is 0 Å². The van der Waals surface area contributed by atoms with Crippen molar-refractivity contribution in [3.63, 3.8) is 0 Å². The number of amides is 2. The van der Waals surface area contributed by atoms with Crippen LogP contribution in [0.4, 0.5) is 5.69 Å².